The van der Waals surface area contributed by atoms with Gasteiger partial charge in [0.05, 0.1) is 29.9 Å². The average molecular weight is 487 g/mol. The molecule has 0 radical (unpaired) electrons. The van der Waals surface area contributed by atoms with E-state index in [2.05, 4.69) is 26.1 Å². The maximum atomic E-state index is 13.7. The molecular formula is C24H42N2O6S. The summed E-state index contributed by atoms with van der Waals surface area (Å²) in [4.78, 5) is 24.6. The molecule has 6 atom stereocenters. The van der Waals surface area contributed by atoms with Gasteiger partial charge in [0.2, 0.25) is 15.9 Å². The van der Waals surface area contributed by atoms with E-state index in [1.807, 2.05) is 0 Å². The Labute approximate surface area is 198 Å². The zero-order valence-corrected chi connectivity index (χ0v) is 21.6. The van der Waals surface area contributed by atoms with Gasteiger partial charge < -0.3 is 15.2 Å². The van der Waals surface area contributed by atoms with Gasteiger partial charge in [0.15, 0.2) is 0 Å². The smallest absolute Gasteiger partial charge is 0.404 e. The second kappa shape index (κ2) is 9.72. The number of fused-ring (bicyclic) bond motifs is 1. The van der Waals surface area contributed by atoms with Crippen molar-refractivity contribution in [2.75, 3.05) is 12.3 Å². The lowest BCUT2D eigenvalue weighted by Gasteiger charge is -2.38. The highest BCUT2D eigenvalue weighted by Gasteiger charge is 2.72. The number of hydrogen-bond acceptors (Lipinski definition) is 5. The zero-order chi connectivity index (χ0) is 24.6. The van der Waals surface area contributed by atoms with Crippen molar-refractivity contribution in [2.45, 2.75) is 104 Å². The molecular weight excluding hydrogens is 444 g/mol. The first-order chi connectivity index (χ1) is 15.4. The molecule has 2 N–H and O–H groups in total. The van der Waals surface area contributed by atoms with Gasteiger partial charge in [0.1, 0.15) is 0 Å². The SMILES string of the molecule is CCCCCCC(OC(C)CNC(=O)O)C(C)C(=O)N1[C@H]2C[C@@H]3CC[C@@]2(CS1(=O)=O)C3(C)C. The quantitative estimate of drug-likeness (QED) is 0.427. The molecule has 2 saturated carbocycles. The monoisotopic (exact) mass is 486 g/mol. The number of carboxylic acid groups (broad SMARTS) is 1. The molecule has 2 amide bonds. The lowest BCUT2D eigenvalue weighted by molar-refractivity contribution is -0.140. The molecule has 8 nitrogen and oxygen atoms in total. The molecule has 1 aliphatic heterocycles. The van der Waals surface area contributed by atoms with Gasteiger partial charge in [0, 0.05) is 12.0 Å². The summed E-state index contributed by atoms with van der Waals surface area (Å²) in [5.74, 6) is -0.467. The highest BCUT2D eigenvalue weighted by molar-refractivity contribution is 7.90. The van der Waals surface area contributed by atoms with Crippen LogP contribution in [-0.4, -0.2) is 60.4 Å². The summed E-state index contributed by atoms with van der Waals surface area (Å²) >= 11 is 0. The summed E-state index contributed by atoms with van der Waals surface area (Å²) in [6.45, 7) is 10.1. The summed E-state index contributed by atoms with van der Waals surface area (Å²) in [6, 6.07) is -0.252. The Hall–Kier alpha value is -1.35. The minimum Gasteiger partial charge on any atom is -0.465 e. The normalized spacial score (nSPS) is 31.7. The second-order valence-electron chi connectivity index (χ2n) is 11.1. The molecule has 1 spiro atoms. The number of nitrogens with one attached hydrogen (secondary N) is 1. The van der Waals surface area contributed by atoms with Gasteiger partial charge in [-0.2, -0.15) is 0 Å². The largest absolute Gasteiger partial charge is 0.465 e. The predicted octanol–water partition coefficient (Wildman–Crippen LogP) is 4.00. The van der Waals surface area contributed by atoms with Crippen LogP contribution in [0.2, 0.25) is 0 Å². The number of ether oxygens (including phenoxy) is 1. The molecule has 1 heterocycles. The highest BCUT2D eigenvalue weighted by atomic mass is 32.2. The maximum Gasteiger partial charge on any atom is 0.404 e. The van der Waals surface area contributed by atoms with Gasteiger partial charge in [-0.1, -0.05) is 53.4 Å². The zero-order valence-electron chi connectivity index (χ0n) is 20.8. The van der Waals surface area contributed by atoms with E-state index < -0.39 is 34.2 Å². The number of nitrogens with zero attached hydrogens (tertiary/aromatic N) is 1. The van der Waals surface area contributed by atoms with Gasteiger partial charge in [-0.05, 0) is 43.9 Å². The third-order valence-electron chi connectivity index (χ3n) is 8.87. The van der Waals surface area contributed by atoms with Crippen LogP contribution in [0.4, 0.5) is 4.79 Å². The van der Waals surface area contributed by atoms with Crippen LogP contribution in [0.25, 0.3) is 0 Å². The Morgan fingerprint density at radius 3 is 2.52 bits per heavy atom. The third kappa shape index (κ3) is 4.77. The van der Waals surface area contributed by atoms with Crippen LogP contribution < -0.4 is 5.32 Å². The minimum atomic E-state index is -3.68. The van der Waals surface area contributed by atoms with Gasteiger partial charge >= 0.3 is 6.09 Å². The molecule has 3 unspecified atom stereocenters. The van der Waals surface area contributed by atoms with Gasteiger partial charge in [0.25, 0.3) is 0 Å². The van der Waals surface area contributed by atoms with Gasteiger partial charge in [-0.25, -0.2) is 17.5 Å². The van der Waals surface area contributed by atoms with Gasteiger partial charge in [-0.15, -0.1) is 0 Å². The molecule has 9 heteroatoms. The number of unbranched alkanes of at least 4 members (excludes halogenated alkanes) is 3. The topological polar surface area (TPSA) is 113 Å². The molecule has 3 aliphatic rings. The molecule has 1 saturated heterocycles. The van der Waals surface area contributed by atoms with Gasteiger partial charge in [-0.3, -0.25) is 4.79 Å². The molecule has 2 bridgehead atoms. The van der Waals surface area contributed by atoms with Crippen LogP contribution in [0.15, 0.2) is 0 Å². The van der Waals surface area contributed by atoms with E-state index in [1.165, 1.54) is 4.31 Å². The summed E-state index contributed by atoms with van der Waals surface area (Å²) in [5, 5.41) is 11.2. The molecule has 0 aromatic carbocycles. The number of hydrogen-bond donors (Lipinski definition) is 2. The van der Waals surface area contributed by atoms with E-state index in [-0.39, 0.29) is 35.1 Å². The Morgan fingerprint density at radius 2 is 1.91 bits per heavy atom. The van der Waals surface area contributed by atoms with E-state index in [0.717, 1.165) is 44.9 Å². The predicted molar refractivity (Wildman–Crippen MR) is 126 cm³/mol. The van der Waals surface area contributed by atoms with Crippen LogP contribution in [0.5, 0.6) is 0 Å². The van der Waals surface area contributed by atoms with Crippen LogP contribution in [0.3, 0.4) is 0 Å². The van der Waals surface area contributed by atoms with Crippen molar-refractivity contribution in [1.82, 2.24) is 9.62 Å². The average Bonchev–Trinajstić information content (AvgIpc) is 3.21. The Balaban J connectivity index is 1.77. The standard InChI is InChI=1S/C24H42N2O6S/c1-6-7-8-9-10-19(32-16(2)14-25-22(28)29)17(3)21(27)26-20-13-18-11-12-24(20,23(18,4)5)15-33(26,30)31/h16-20,25H,6-15H2,1-5H3,(H,28,29)/t16?,17?,18-,19?,20-,24-/m0/s1. The summed E-state index contributed by atoms with van der Waals surface area (Å²) in [7, 11) is -3.68. The van der Waals surface area contributed by atoms with E-state index in [0.29, 0.717) is 12.3 Å². The highest BCUT2D eigenvalue weighted by Crippen LogP contribution is 2.70. The van der Waals surface area contributed by atoms with Crippen molar-refractivity contribution in [3.05, 3.63) is 0 Å². The fourth-order valence-electron chi connectivity index (χ4n) is 6.72. The first kappa shape index (κ1) is 26.3. The third-order valence-corrected chi connectivity index (χ3v) is 10.8. The second-order valence-corrected chi connectivity index (χ2v) is 12.9. The molecule has 0 aromatic rings. The summed E-state index contributed by atoms with van der Waals surface area (Å²) in [5.41, 5.74) is -0.432. The minimum absolute atomic E-state index is 0.0631. The van der Waals surface area contributed by atoms with Crippen molar-refractivity contribution in [1.29, 1.82) is 0 Å². The lowest BCUT2D eigenvalue weighted by atomic mass is 9.69. The van der Waals surface area contributed by atoms with E-state index in [4.69, 9.17) is 9.84 Å². The Bertz CT molecular complexity index is 844. The first-order valence-electron chi connectivity index (χ1n) is 12.6. The summed E-state index contributed by atoms with van der Waals surface area (Å²) < 4.78 is 34.0. The molecule has 3 rings (SSSR count). The van der Waals surface area contributed by atoms with E-state index in [1.54, 1.807) is 13.8 Å². The number of carbonyl (C=O) groups is 2. The number of rotatable bonds is 11. The van der Waals surface area contributed by atoms with Crippen molar-refractivity contribution in [3.63, 3.8) is 0 Å². The summed E-state index contributed by atoms with van der Waals surface area (Å²) in [6.07, 6.45) is 5.37. The van der Waals surface area contributed by atoms with Crippen molar-refractivity contribution in [3.8, 4) is 0 Å². The number of amides is 2. The Kier molecular flexibility index (Phi) is 7.73. The van der Waals surface area contributed by atoms with Crippen LogP contribution in [0, 0.1) is 22.7 Å². The lowest BCUT2D eigenvalue weighted by Crippen LogP contribution is -2.48. The van der Waals surface area contributed by atoms with Crippen LogP contribution >= 0.6 is 0 Å². The molecule has 3 fully saturated rings. The molecule has 33 heavy (non-hydrogen) atoms. The van der Waals surface area contributed by atoms with Crippen molar-refractivity contribution < 1.29 is 27.9 Å². The van der Waals surface area contributed by atoms with E-state index in [9.17, 15) is 18.0 Å². The Morgan fingerprint density at radius 1 is 1.21 bits per heavy atom. The van der Waals surface area contributed by atoms with Crippen molar-refractivity contribution in [2.24, 2.45) is 22.7 Å². The number of sulfonamides is 1. The molecule has 2 aliphatic carbocycles. The fraction of sp³-hybridized carbons (Fsp3) is 0.917. The van der Waals surface area contributed by atoms with E-state index >= 15 is 0 Å². The molecule has 190 valence electrons. The number of carbonyl (C=O) groups excluding carboxylic acids is 1. The maximum absolute atomic E-state index is 13.7. The van der Waals surface area contributed by atoms with Crippen LogP contribution in [-0.2, 0) is 19.6 Å². The fourth-order valence-corrected chi connectivity index (χ4v) is 9.34. The van der Waals surface area contributed by atoms with Crippen LogP contribution in [0.1, 0.15) is 86.0 Å². The first-order valence-corrected chi connectivity index (χ1v) is 14.2. The molecule has 0 aromatic heterocycles. The van der Waals surface area contributed by atoms with Crippen molar-refractivity contribution >= 4 is 22.0 Å².